The number of aliphatic hydroxyl groups excluding tert-OH is 1. The summed E-state index contributed by atoms with van der Waals surface area (Å²) in [6, 6.07) is 5.74. The average molecular weight is 215 g/mol. The van der Waals surface area contributed by atoms with Gasteiger partial charge in [0.15, 0.2) is 0 Å². The lowest BCUT2D eigenvalue weighted by molar-refractivity contribution is 0.288. The third-order valence-electron chi connectivity index (χ3n) is 1.92. The quantitative estimate of drug-likeness (QED) is 0.817. The fourth-order valence-electron chi connectivity index (χ4n) is 1.26. The number of ether oxygens (including phenoxy) is 1. The molecule has 0 saturated heterocycles. The third-order valence-corrected chi connectivity index (χ3v) is 2.22. The Morgan fingerprint density at radius 3 is 2.79 bits per heavy atom. The van der Waals surface area contributed by atoms with Crippen molar-refractivity contribution in [3.63, 3.8) is 0 Å². The van der Waals surface area contributed by atoms with E-state index in [0.717, 1.165) is 24.2 Å². The summed E-state index contributed by atoms with van der Waals surface area (Å²) < 4.78 is 5.31. The van der Waals surface area contributed by atoms with Gasteiger partial charge >= 0.3 is 0 Å². The highest BCUT2D eigenvalue weighted by Crippen LogP contribution is 2.25. The first-order valence-corrected chi connectivity index (χ1v) is 5.17. The summed E-state index contributed by atoms with van der Waals surface area (Å²) in [7, 11) is 0. The van der Waals surface area contributed by atoms with Crippen LogP contribution in [-0.4, -0.2) is 18.3 Å². The lowest BCUT2D eigenvalue weighted by atomic mass is 10.1. The molecule has 0 saturated carbocycles. The minimum atomic E-state index is 0.213. The summed E-state index contributed by atoms with van der Waals surface area (Å²) in [6.07, 6.45) is 1.62. The van der Waals surface area contributed by atoms with E-state index in [0.29, 0.717) is 11.6 Å². The number of aliphatic hydroxyl groups is 1. The number of hydrogen-bond acceptors (Lipinski definition) is 2. The van der Waals surface area contributed by atoms with Gasteiger partial charge in [0.05, 0.1) is 11.6 Å². The zero-order valence-corrected chi connectivity index (χ0v) is 9.05. The molecule has 0 amide bonds. The standard InChI is InChI=1S/C11H15ClO2/c1-2-14-11-6-5-9(4-3-7-13)8-10(11)12/h5-6,8,13H,2-4,7H2,1H3. The summed E-state index contributed by atoms with van der Waals surface area (Å²) in [4.78, 5) is 0. The van der Waals surface area contributed by atoms with Crippen LogP contribution in [0.5, 0.6) is 5.75 Å². The first kappa shape index (κ1) is 11.3. The molecular weight excluding hydrogens is 200 g/mol. The molecule has 78 valence electrons. The monoisotopic (exact) mass is 214 g/mol. The van der Waals surface area contributed by atoms with Crippen LogP contribution in [0.2, 0.25) is 5.02 Å². The molecule has 0 heterocycles. The van der Waals surface area contributed by atoms with E-state index >= 15 is 0 Å². The molecule has 0 aromatic heterocycles. The molecule has 0 aliphatic rings. The van der Waals surface area contributed by atoms with Crippen molar-refractivity contribution in [2.75, 3.05) is 13.2 Å². The Morgan fingerprint density at radius 1 is 1.43 bits per heavy atom. The molecule has 1 aromatic rings. The van der Waals surface area contributed by atoms with Crippen molar-refractivity contribution in [1.29, 1.82) is 0 Å². The number of benzene rings is 1. The van der Waals surface area contributed by atoms with Gasteiger partial charge in [-0.05, 0) is 37.5 Å². The van der Waals surface area contributed by atoms with Crippen LogP contribution in [0.3, 0.4) is 0 Å². The van der Waals surface area contributed by atoms with E-state index in [2.05, 4.69) is 0 Å². The van der Waals surface area contributed by atoms with Gasteiger partial charge in [-0.1, -0.05) is 17.7 Å². The first-order chi connectivity index (χ1) is 6.77. The van der Waals surface area contributed by atoms with Gasteiger partial charge in [0, 0.05) is 6.61 Å². The average Bonchev–Trinajstić information content (AvgIpc) is 2.19. The minimum absolute atomic E-state index is 0.213. The van der Waals surface area contributed by atoms with Crippen LogP contribution in [0.4, 0.5) is 0 Å². The Kier molecular flexibility index (Phi) is 4.77. The largest absolute Gasteiger partial charge is 0.492 e. The second kappa shape index (κ2) is 5.89. The van der Waals surface area contributed by atoms with Crippen LogP contribution in [0.1, 0.15) is 18.9 Å². The SMILES string of the molecule is CCOc1ccc(CCCO)cc1Cl. The normalized spacial score (nSPS) is 10.2. The summed E-state index contributed by atoms with van der Waals surface area (Å²) in [5.41, 5.74) is 1.13. The molecule has 3 heteroatoms. The van der Waals surface area contributed by atoms with Crippen LogP contribution in [0, 0.1) is 0 Å². The number of rotatable bonds is 5. The van der Waals surface area contributed by atoms with Crippen molar-refractivity contribution in [2.45, 2.75) is 19.8 Å². The van der Waals surface area contributed by atoms with E-state index in [1.54, 1.807) is 0 Å². The summed E-state index contributed by atoms with van der Waals surface area (Å²) >= 11 is 6.00. The third kappa shape index (κ3) is 3.20. The molecule has 0 fully saturated rings. The maximum absolute atomic E-state index is 8.68. The fourth-order valence-corrected chi connectivity index (χ4v) is 1.51. The van der Waals surface area contributed by atoms with Crippen LogP contribution in [0.25, 0.3) is 0 Å². The maximum Gasteiger partial charge on any atom is 0.137 e. The van der Waals surface area contributed by atoms with Crippen molar-refractivity contribution in [2.24, 2.45) is 0 Å². The molecule has 14 heavy (non-hydrogen) atoms. The Morgan fingerprint density at radius 2 is 2.21 bits per heavy atom. The van der Waals surface area contributed by atoms with Gasteiger partial charge in [-0.25, -0.2) is 0 Å². The highest BCUT2D eigenvalue weighted by Gasteiger charge is 2.01. The van der Waals surface area contributed by atoms with E-state index in [-0.39, 0.29) is 6.61 Å². The molecule has 1 aromatic carbocycles. The summed E-state index contributed by atoms with van der Waals surface area (Å²) in [5, 5.41) is 9.32. The number of aryl methyl sites for hydroxylation is 1. The molecule has 1 N–H and O–H groups in total. The lowest BCUT2D eigenvalue weighted by Gasteiger charge is -2.07. The highest BCUT2D eigenvalue weighted by atomic mass is 35.5. The Balaban J connectivity index is 2.68. The van der Waals surface area contributed by atoms with Gasteiger partial charge < -0.3 is 9.84 Å². The fraction of sp³-hybridized carbons (Fsp3) is 0.455. The van der Waals surface area contributed by atoms with Gasteiger partial charge in [0.2, 0.25) is 0 Å². The Hall–Kier alpha value is -0.730. The molecule has 0 unspecified atom stereocenters. The van der Waals surface area contributed by atoms with Crippen molar-refractivity contribution >= 4 is 11.6 Å². The minimum Gasteiger partial charge on any atom is -0.492 e. The van der Waals surface area contributed by atoms with Crippen molar-refractivity contribution in [3.8, 4) is 5.75 Å². The predicted octanol–water partition coefficient (Wildman–Crippen LogP) is 2.66. The zero-order valence-electron chi connectivity index (χ0n) is 8.29. The van der Waals surface area contributed by atoms with E-state index in [1.165, 1.54) is 0 Å². The first-order valence-electron chi connectivity index (χ1n) is 4.80. The molecular formula is C11H15ClO2. The summed E-state index contributed by atoms with van der Waals surface area (Å²) in [6.45, 7) is 2.76. The Labute approximate surface area is 89.5 Å². The van der Waals surface area contributed by atoms with Crippen molar-refractivity contribution < 1.29 is 9.84 Å². The molecule has 0 aliphatic carbocycles. The lowest BCUT2D eigenvalue weighted by Crippen LogP contribution is -1.94. The van der Waals surface area contributed by atoms with Crippen LogP contribution in [-0.2, 0) is 6.42 Å². The molecule has 1 rings (SSSR count). The predicted molar refractivity (Wildman–Crippen MR) is 58.0 cm³/mol. The molecule has 2 nitrogen and oxygen atoms in total. The zero-order chi connectivity index (χ0) is 10.4. The van der Waals surface area contributed by atoms with Crippen molar-refractivity contribution in [3.05, 3.63) is 28.8 Å². The van der Waals surface area contributed by atoms with Gasteiger partial charge in [0.25, 0.3) is 0 Å². The van der Waals surface area contributed by atoms with E-state index in [1.807, 2.05) is 25.1 Å². The second-order valence-electron chi connectivity index (χ2n) is 3.02. The topological polar surface area (TPSA) is 29.5 Å². The van der Waals surface area contributed by atoms with Crippen LogP contribution < -0.4 is 4.74 Å². The number of hydrogen-bond donors (Lipinski definition) is 1. The van der Waals surface area contributed by atoms with E-state index < -0.39 is 0 Å². The summed E-state index contributed by atoms with van der Waals surface area (Å²) in [5.74, 6) is 0.724. The van der Waals surface area contributed by atoms with E-state index in [4.69, 9.17) is 21.4 Å². The van der Waals surface area contributed by atoms with Crippen LogP contribution >= 0.6 is 11.6 Å². The number of halogens is 1. The maximum atomic E-state index is 8.68. The molecule has 0 spiro atoms. The highest BCUT2D eigenvalue weighted by molar-refractivity contribution is 6.32. The van der Waals surface area contributed by atoms with E-state index in [9.17, 15) is 0 Å². The van der Waals surface area contributed by atoms with Crippen molar-refractivity contribution in [1.82, 2.24) is 0 Å². The van der Waals surface area contributed by atoms with Gasteiger partial charge in [-0.2, -0.15) is 0 Å². The van der Waals surface area contributed by atoms with Gasteiger partial charge in [-0.3, -0.25) is 0 Å². The molecule has 0 aliphatic heterocycles. The van der Waals surface area contributed by atoms with Crippen LogP contribution in [0.15, 0.2) is 18.2 Å². The Bertz CT molecular complexity index is 287. The van der Waals surface area contributed by atoms with Gasteiger partial charge in [0.1, 0.15) is 5.75 Å². The molecule has 0 bridgehead atoms. The second-order valence-corrected chi connectivity index (χ2v) is 3.43. The molecule has 0 atom stereocenters. The molecule has 0 radical (unpaired) electrons. The van der Waals surface area contributed by atoms with Gasteiger partial charge in [-0.15, -0.1) is 0 Å². The smallest absolute Gasteiger partial charge is 0.137 e.